The van der Waals surface area contributed by atoms with E-state index in [1.54, 1.807) is 30.3 Å². The minimum absolute atomic E-state index is 0.208. The molecule has 0 amide bonds. The zero-order valence-corrected chi connectivity index (χ0v) is 12.5. The van der Waals surface area contributed by atoms with Crippen LogP contribution in [0.4, 0.5) is 10.1 Å². The largest absolute Gasteiger partial charge is 0.508 e. The SMILES string of the molecule is [C-]#[N+]c1ccc(-c2cc(O)c(C)cc2-c2ccc(F)cc2)cc1. The molecule has 23 heavy (non-hydrogen) atoms. The molecule has 3 aromatic rings. The third kappa shape index (κ3) is 2.93. The van der Waals surface area contributed by atoms with Gasteiger partial charge in [0.15, 0.2) is 5.69 Å². The zero-order chi connectivity index (χ0) is 16.4. The molecule has 0 fully saturated rings. The molecular formula is C20H14FNO. The number of phenols is 1. The summed E-state index contributed by atoms with van der Waals surface area (Å²) in [5, 5.41) is 10.1. The summed E-state index contributed by atoms with van der Waals surface area (Å²) in [4.78, 5) is 3.39. The lowest BCUT2D eigenvalue weighted by atomic mass is 9.92. The van der Waals surface area contributed by atoms with Gasteiger partial charge in [0.05, 0.1) is 6.57 Å². The van der Waals surface area contributed by atoms with Gasteiger partial charge in [-0.05, 0) is 59.0 Å². The maximum Gasteiger partial charge on any atom is 0.187 e. The lowest BCUT2D eigenvalue weighted by Crippen LogP contribution is -1.88. The third-order valence-corrected chi connectivity index (χ3v) is 3.80. The molecule has 0 saturated heterocycles. The standard InChI is InChI=1S/C20H14FNO/c1-13-11-18(14-3-7-16(21)8-4-14)19(12-20(13)23)15-5-9-17(22-2)10-6-15/h3-12,23H,1H3. The molecule has 0 saturated carbocycles. The molecule has 0 spiro atoms. The second-order valence-electron chi connectivity index (χ2n) is 5.35. The Bertz CT molecular complexity index is 891. The van der Waals surface area contributed by atoms with Crippen LogP contribution in [0, 0.1) is 19.3 Å². The third-order valence-electron chi connectivity index (χ3n) is 3.80. The molecule has 0 aliphatic heterocycles. The van der Waals surface area contributed by atoms with E-state index in [0.29, 0.717) is 5.69 Å². The van der Waals surface area contributed by atoms with Gasteiger partial charge in [-0.25, -0.2) is 9.24 Å². The van der Waals surface area contributed by atoms with E-state index in [9.17, 15) is 9.50 Å². The number of halogens is 1. The Morgan fingerprint density at radius 3 is 1.96 bits per heavy atom. The summed E-state index contributed by atoms with van der Waals surface area (Å²) in [6.45, 7) is 8.85. The molecule has 3 rings (SSSR count). The number of nitrogens with zero attached hydrogens (tertiary/aromatic N) is 1. The number of phenolic OH excluding ortho intramolecular Hbond substituents is 1. The second-order valence-corrected chi connectivity index (χ2v) is 5.35. The second kappa shape index (κ2) is 5.94. The molecule has 0 aliphatic rings. The van der Waals surface area contributed by atoms with Crippen LogP contribution in [0.25, 0.3) is 27.1 Å². The summed E-state index contributed by atoms with van der Waals surface area (Å²) in [5.41, 5.74) is 4.84. The van der Waals surface area contributed by atoms with Crippen LogP contribution in [0.5, 0.6) is 5.75 Å². The van der Waals surface area contributed by atoms with E-state index >= 15 is 0 Å². The van der Waals surface area contributed by atoms with Gasteiger partial charge in [0, 0.05) is 0 Å². The van der Waals surface area contributed by atoms with Gasteiger partial charge in [0.1, 0.15) is 11.6 Å². The average molecular weight is 303 g/mol. The van der Waals surface area contributed by atoms with Gasteiger partial charge in [0.2, 0.25) is 0 Å². The van der Waals surface area contributed by atoms with E-state index < -0.39 is 0 Å². The lowest BCUT2D eigenvalue weighted by molar-refractivity contribution is 0.471. The van der Waals surface area contributed by atoms with Crippen LogP contribution in [0.1, 0.15) is 5.56 Å². The van der Waals surface area contributed by atoms with Crippen LogP contribution in [0.15, 0.2) is 60.7 Å². The first-order chi connectivity index (χ1) is 11.1. The Morgan fingerprint density at radius 1 is 0.870 bits per heavy atom. The van der Waals surface area contributed by atoms with Gasteiger partial charge in [-0.15, -0.1) is 0 Å². The molecule has 3 aromatic carbocycles. The Morgan fingerprint density at radius 2 is 1.39 bits per heavy atom. The van der Waals surface area contributed by atoms with Crippen molar-refractivity contribution < 1.29 is 9.50 Å². The molecule has 0 unspecified atom stereocenters. The van der Waals surface area contributed by atoms with Crippen LogP contribution in [0.2, 0.25) is 0 Å². The Labute approximate surface area is 134 Å². The average Bonchev–Trinajstić information content (AvgIpc) is 2.58. The molecule has 0 heterocycles. The highest BCUT2D eigenvalue weighted by Gasteiger charge is 2.11. The fraction of sp³-hybridized carbons (Fsp3) is 0.0500. The summed E-state index contributed by atoms with van der Waals surface area (Å²) in [6.07, 6.45) is 0. The number of hydrogen-bond donors (Lipinski definition) is 1. The van der Waals surface area contributed by atoms with Crippen LogP contribution in [0.3, 0.4) is 0 Å². The van der Waals surface area contributed by atoms with Crippen molar-refractivity contribution in [2.45, 2.75) is 6.92 Å². The molecule has 1 N–H and O–H groups in total. The minimum Gasteiger partial charge on any atom is -0.508 e. The van der Waals surface area contributed by atoms with Gasteiger partial charge in [0.25, 0.3) is 0 Å². The molecule has 0 aliphatic carbocycles. The van der Waals surface area contributed by atoms with E-state index in [4.69, 9.17) is 6.57 Å². The number of aromatic hydroxyl groups is 1. The highest BCUT2D eigenvalue weighted by Crippen LogP contribution is 2.37. The normalized spacial score (nSPS) is 10.3. The van der Waals surface area contributed by atoms with Crippen molar-refractivity contribution >= 4 is 5.69 Å². The highest BCUT2D eigenvalue weighted by atomic mass is 19.1. The predicted octanol–water partition coefficient (Wildman–Crippen LogP) is 5.72. The van der Waals surface area contributed by atoms with Crippen LogP contribution in [-0.2, 0) is 0 Å². The first-order valence-corrected chi connectivity index (χ1v) is 7.16. The van der Waals surface area contributed by atoms with Crippen LogP contribution in [-0.4, -0.2) is 5.11 Å². The topological polar surface area (TPSA) is 24.6 Å². The maximum absolute atomic E-state index is 13.2. The van der Waals surface area contributed by atoms with Crippen LogP contribution < -0.4 is 0 Å². The van der Waals surface area contributed by atoms with E-state index in [-0.39, 0.29) is 11.6 Å². The zero-order valence-electron chi connectivity index (χ0n) is 12.5. The molecule has 2 nitrogen and oxygen atoms in total. The lowest BCUT2D eigenvalue weighted by Gasteiger charge is -2.13. The van der Waals surface area contributed by atoms with Crippen molar-refractivity contribution in [1.29, 1.82) is 0 Å². The summed E-state index contributed by atoms with van der Waals surface area (Å²) in [5.74, 6) is -0.0765. The number of hydrogen-bond acceptors (Lipinski definition) is 1. The van der Waals surface area contributed by atoms with E-state index in [1.807, 2.05) is 25.1 Å². The Kier molecular flexibility index (Phi) is 3.82. The molecule has 0 bridgehead atoms. The van der Waals surface area contributed by atoms with Gasteiger partial charge in [-0.2, -0.15) is 0 Å². The summed E-state index contributed by atoms with van der Waals surface area (Å²) in [6, 6.07) is 17.1. The first kappa shape index (κ1) is 14.8. The van der Waals surface area contributed by atoms with Gasteiger partial charge >= 0.3 is 0 Å². The van der Waals surface area contributed by atoms with Gasteiger partial charge in [-0.1, -0.05) is 36.4 Å². The molecule has 3 heteroatoms. The molecule has 112 valence electrons. The van der Waals surface area contributed by atoms with E-state index in [1.165, 1.54) is 12.1 Å². The minimum atomic E-state index is -0.285. The summed E-state index contributed by atoms with van der Waals surface area (Å²) < 4.78 is 13.2. The van der Waals surface area contributed by atoms with Crippen molar-refractivity contribution in [3.63, 3.8) is 0 Å². The van der Waals surface area contributed by atoms with E-state index in [2.05, 4.69) is 4.85 Å². The summed E-state index contributed by atoms with van der Waals surface area (Å²) in [7, 11) is 0. The van der Waals surface area contributed by atoms with E-state index in [0.717, 1.165) is 27.8 Å². The van der Waals surface area contributed by atoms with Gasteiger partial charge < -0.3 is 5.11 Å². The monoisotopic (exact) mass is 303 g/mol. The molecule has 0 radical (unpaired) electrons. The number of aryl methyl sites for hydroxylation is 1. The van der Waals surface area contributed by atoms with Crippen molar-refractivity contribution in [2.24, 2.45) is 0 Å². The Balaban J connectivity index is 2.20. The quantitative estimate of drug-likeness (QED) is 0.601. The predicted molar refractivity (Wildman–Crippen MR) is 89.9 cm³/mol. The first-order valence-electron chi connectivity index (χ1n) is 7.16. The van der Waals surface area contributed by atoms with Crippen molar-refractivity contribution in [1.82, 2.24) is 0 Å². The fourth-order valence-corrected chi connectivity index (χ4v) is 2.52. The molecule has 0 atom stereocenters. The summed E-state index contributed by atoms with van der Waals surface area (Å²) >= 11 is 0. The molecular weight excluding hydrogens is 289 g/mol. The van der Waals surface area contributed by atoms with Crippen molar-refractivity contribution in [2.75, 3.05) is 0 Å². The molecule has 0 aromatic heterocycles. The Hall–Kier alpha value is -3.12. The fourth-order valence-electron chi connectivity index (χ4n) is 2.52. The van der Waals surface area contributed by atoms with Crippen molar-refractivity contribution in [3.8, 4) is 28.0 Å². The number of rotatable bonds is 2. The maximum atomic E-state index is 13.2. The smallest absolute Gasteiger partial charge is 0.187 e. The highest BCUT2D eigenvalue weighted by molar-refractivity contribution is 5.85. The van der Waals surface area contributed by atoms with Crippen LogP contribution >= 0.6 is 0 Å². The number of benzene rings is 3. The van der Waals surface area contributed by atoms with Gasteiger partial charge in [-0.3, -0.25) is 0 Å². The van der Waals surface area contributed by atoms with Crippen molar-refractivity contribution in [3.05, 3.63) is 83.5 Å².